The maximum atomic E-state index is 13.0. The molecule has 0 radical (unpaired) electrons. The van der Waals surface area contributed by atoms with E-state index in [-0.39, 0.29) is 17.9 Å². The van der Waals surface area contributed by atoms with Gasteiger partial charge in [0.15, 0.2) is 0 Å². The zero-order valence-corrected chi connectivity index (χ0v) is 12.3. The van der Waals surface area contributed by atoms with Crippen molar-refractivity contribution < 1.29 is 14.7 Å². The van der Waals surface area contributed by atoms with E-state index < -0.39 is 12.0 Å². The lowest BCUT2D eigenvalue weighted by Crippen LogP contribution is -2.50. The highest BCUT2D eigenvalue weighted by Crippen LogP contribution is 2.43. The predicted octanol–water partition coefficient (Wildman–Crippen LogP) is 1.37. The van der Waals surface area contributed by atoms with Crippen LogP contribution in [0.25, 0.3) is 0 Å². The van der Waals surface area contributed by atoms with E-state index in [1.807, 2.05) is 0 Å². The average Bonchev–Trinajstić information content (AvgIpc) is 3.19. The van der Waals surface area contributed by atoms with Crippen LogP contribution in [0.15, 0.2) is 0 Å². The number of carbonyl (C=O) groups excluding carboxylic acids is 1. The lowest BCUT2D eigenvalue weighted by molar-refractivity contribution is -0.152. The summed E-state index contributed by atoms with van der Waals surface area (Å²) in [6.45, 7) is 0. The fourth-order valence-electron chi connectivity index (χ4n) is 5.29. The molecule has 0 aromatic heterocycles. The zero-order chi connectivity index (χ0) is 14.6. The minimum absolute atomic E-state index is 0.0197. The molecule has 3 aliphatic heterocycles. The van der Waals surface area contributed by atoms with Crippen LogP contribution in [0.5, 0.6) is 0 Å². The lowest BCUT2D eigenvalue weighted by atomic mass is 9.84. The Morgan fingerprint density at radius 2 is 1.86 bits per heavy atom. The van der Waals surface area contributed by atoms with Gasteiger partial charge in [-0.25, -0.2) is 4.79 Å². The van der Waals surface area contributed by atoms with Crippen molar-refractivity contribution in [2.24, 2.45) is 11.8 Å². The first-order chi connectivity index (χ1) is 10.1. The van der Waals surface area contributed by atoms with Gasteiger partial charge < -0.3 is 15.3 Å². The SMILES string of the molecule is O=C(O)C1CC2CCCCC2N1C(=O)C1CC2CCC1N2. The molecule has 3 saturated heterocycles. The van der Waals surface area contributed by atoms with Gasteiger partial charge >= 0.3 is 5.97 Å². The first-order valence-electron chi connectivity index (χ1n) is 8.46. The molecule has 1 saturated carbocycles. The van der Waals surface area contributed by atoms with Crippen molar-refractivity contribution in [1.29, 1.82) is 0 Å². The molecule has 6 unspecified atom stereocenters. The van der Waals surface area contributed by atoms with E-state index in [0.717, 1.165) is 32.1 Å². The number of rotatable bonds is 2. The Bertz CT molecular complexity index is 466. The van der Waals surface area contributed by atoms with Crippen LogP contribution in [0.1, 0.15) is 51.4 Å². The summed E-state index contributed by atoms with van der Waals surface area (Å²) in [4.78, 5) is 26.4. The van der Waals surface area contributed by atoms with Crippen molar-refractivity contribution in [1.82, 2.24) is 10.2 Å². The summed E-state index contributed by atoms with van der Waals surface area (Å²) < 4.78 is 0. The number of nitrogens with zero attached hydrogens (tertiary/aromatic N) is 1. The highest BCUT2D eigenvalue weighted by Gasteiger charge is 2.52. The molecule has 5 heteroatoms. The van der Waals surface area contributed by atoms with E-state index in [1.54, 1.807) is 4.90 Å². The minimum atomic E-state index is -0.811. The molecule has 3 heterocycles. The molecule has 4 rings (SSSR count). The lowest BCUT2D eigenvalue weighted by Gasteiger charge is -2.36. The van der Waals surface area contributed by atoms with Crippen LogP contribution < -0.4 is 5.32 Å². The number of fused-ring (bicyclic) bond motifs is 3. The van der Waals surface area contributed by atoms with Crippen molar-refractivity contribution in [2.75, 3.05) is 0 Å². The van der Waals surface area contributed by atoms with Crippen molar-refractivity contribution in [2.45, 2.75) is 75.5 Å². The van der Waals surface area contributed by atoms with Crippen LogP contribution in [0.3, 0.4) is 0 Å². The third kappa shape index (κ3) is 2.08. The highest BCUT2D eigenvalue weighted by atomic mass is 16.4. The van der Waals surface area contributed by atoms with E-state index in [1.165, 1.54) is 12.8 Å². The molecule has 6 atom stereocenters. The molecule has 4 aliphatic rings. The molecule has 1 aliphatic carbocycles. The van der Waals surface area contributed by atoms with Gasteiger partial charge in [-0.2, -0.15) is 0 Å². The highest BCUT2D eigenvalue weighted by molar-refractivity contribution is 5.87. The summed E-state index contributed by atoms with van der Waals surface area (Å²) in [5.74, 6) is -0.257. The van der Waals surface area contributed by atoms with E-state index in [4.69, 9.17) is 0 Å². The summed E-state index contributed by atoms with van der Waals surface area (Å²) in [7, 11) is 0. The zero-order valence-electron chi connectivity index (χ0n) is 12.3. The molecule has 2 N–H and O–H groups in total. The van der Waals surface area contributed by atoms with Crippen LogP contribution in [-0.4, -0.2) is 46.1 Å². The molecular formula is C16H24N2O3. The second kappa shape index (κ2) is 4.97. The Morgan fingerprint density at radius 1 is 1.05 bits per heavy atom. The summed E-state index contributed by atoms with van der Waals surface area (Å²) in [5, 5.41) is 13.0. The largest absolute Gasteiger partial charge is 0.480 e. The van der Waals surface area contributed by atoms with Gasteiger partial charge in [0, 0.05) is 18.1 Å². The Labute approximate surface area is 125 Å². The topological polar surface area (TPSA) is 69.6 Å². The van der Waals surface area contributed by atoms with Crippen LogP contribution in [0, 0.1) is 11.8 Å². The molecule has 1 amide bonds. The fourth-order valence-corrected chi connectivity index (χ4v) is 5.29. The summed E-state index contributed by atoms with van der Waals surface area (Å²) >= 11 is 0. The van der Waals surface area contributed by atoms with E-state index >= 15 is 0 Å². The smallest absolute Gasteiger partial charge is 0.326 e. The van der Waals surface area contributed by atoms with E-state index in [2.05, 4.69) is 5.32 Å². The van der Waals surface area contributed by atoms with Crippen molar-refractivity contribution in [3.05, 3.63) is 0 Å². The number of carbonyl (C=O) groups is 2. The minimum Gasteiger partial charge on any atom is -0.480 e. The first-order valence-corrected chi connectivity index (χ1v) is 8.46. The Kier molecular flexibility index (Phi) is 3.21. The van der Waals surface area contributed by atoms with Crippen LogP contribution >= 0.6 is 0 Å². The number of nitrogens with one attached hydrogen (secondary N) is 1. The second-order valence-corrected chi connectivity index (χ2v) is 7.34. The average molecular weight is 292 g/mol. The van der Waals surface area contributed by atoms with Crippen LogP contribution in [0.4, 0.5) is 0 Å². The van der Waals surface area contributed by atoms with Crippen LogP contribution in [-0.2, 0) is 9.59 Å². The van der Waals surface area contributed by atoms with Gasteiger partial charge in [0.25, 0.3) is 0 Å². The third-order valence-electron chi connectivity index (χ3n) is 6.24. The predicted molar refractivity (Wildman–Crippen MR) is 76.7 cm³/mol. The monoisotopic (exact) mass is 292 g/mol. The number of aliphatic carboxylic acids is 1. The number of carboxylic acids is 1. The molecule has 0 spiro atoms. The number of hydrogen-bond donors (Lipinski definition) is 2. The molecule has 2 bridgehead atoms. The normalized spacial score (nSPS) is 44.9. The molecule has 21 heavy (non-hydrogen) atoms. The van der Waals surface area contributed by atoms with Gasteiger partial charge in [-0.15, -0.1) is 0 Å². The molecule has 0 aromatic carbocycles. The van der Waals surface area contributed by atoms with Gasteiger partial charge in [0.1, 0.15) is 6.04 Å². The Balaban J connectivity index is 1.58. The number of carboxylic acid groups (broad SMARTS) is 1. The second-order valence-electron chi connectivity index (χ2n) is 7.34. The fraction of sp³-hybridized carbons (Fsp3) is 0.875. The van der Waals surface area contributed by atoms with Gasteiger partial charge in [-0.3, -0.25) is 4.79 Å². The van der Waals surface area contributed by atoms with Gasteiger partial charge in [-0.05, 0) is 44.4 Å². The first kappa shape index (κ1) is 13.6. The van der Waals surface area contributed by atoms with Gasteiger partial charge in [0.2, 0.25) is 5.91 Å². The number of likely N-dealkylation sites (tertiary alicyclic amines) is 1. The molecular weight excluding hydrogens is 268 g/mol. The van der Waals surface area contributed by atoms with E-state index in [9.17, 15) is 14.7 Å². The third-order valence-corrected chi connectivity index (χ3v) is 6.24. The maximum absolute atomic E-state index is 13.0. The van der Waals surface area contributed by atoms with Gasteiger partial charge in [-0.1, -0.05) is 12.8 Å². The summed E-state index contributed by atoms with van der Waals surface area (Å²) in [5.41, 5.74) is 0. The van der Waals surface area contributed by atoms with Crippen molar-refractivity contribution in [3.63, 3.8) is 0 Å². The van der Waals surface area contributed by atoms with Crippen LogP contribution in [0.2, 0.25) is 0 Å². The standard InChI is InChI=1S/C16H24N2O3/c19-15(11-8-10-5-6-12(11)17-10)18-13-4-2-1-3-9(13)7-14(18)16(20)21/h9-14,17H,1-8H2,(H,20,21). The Morgan fingerprint density at radius 3 is 2.52 bits per heavy atom. The molecule has 116 valence electrons. The maximum Gasteiger partial charge on any atom is 0.326 e. The van der Waals surface area contributed by atoms with Gasteiger partial charge in [0.05, 0.1) is 5.92 Å². The number of amides is 1. The quantitative estimate of drug-likeness (QED) is 0.806. The number of hydrogen-bond acceptors (Lipinski definition) is 3. The Hall–Kier alpha value is -1.10. The van der Waals surface area contributed by atoms with Crippen molar-refractivity contribution >= 4 is 11.9 Å². The van der Waals surface area contributed by atoms with Crippen molar-refractivity contribution in [3.8, 4) is 0 Å². The molecule has 5 nitrogen and oxygen atoms in total. The summed E-state index contributed by atoms with van der Waals surface area (Å²) in [6.07, 6.45) is 8.21. The summed E-state index contributed by atoms with van der Waals surface area (Å²) in [6, 6.07) is 0.382. The molecule has 4 fully saturated rings. The van der Waals surface area contributed by atoms with E-state index in [0.29, 0.717) is 24.4 Å². The molecule has 0 aromatic rings.